The molecule has 0 spiro atoms. The molecule has 2 aromatic carbocycles. The third-order valence-electron chi connectivity index (χ3n) is 2.81. The van der Waals surface area contributed by atoms with Gasteiger partial charge in [-0.1, -0.05) is 34.8 Å². The highest BCUT2D eigenvalue weighted by molar-refractivity contribution is 6.44. The predicted octanol–water partition coefficient (Wildman–Crippen LogP) is 4.50. The van der Waals surface area contributed by atoms with Crippen molar-refractivity contribution in [2.75, 3.05) is 5.32 Å². The molecule has 1 amide bonds. The zero-order chi connectivity index (χ0) is 15.6. The van der Waals surface area contributed by atoms with Gasteiger partial charge in [0.05, 0.1) is 20.8 Å². The molecule has 3 nitrogen and oxygen atoms in total. The molecule has 0 radical (unpaired) electrons. The molecule has 0 aliphatic rings. The van der Waals surface area contributed by atoms with E-state index in [0.29, 0.717) is 20.8 Å². The van der Waals surface area contributed by atoms with Crippen LogP contribution in [0.15, 0.2) is 30.3 Å². The minimum Gasteiger partial charge on any atom is -0.380 e. The maximum atomic E-state index is 13.7. The van der Waals surface area contributed by atoms with Crippen LogP contribution >= 0.6 is 34.8 Å². The minimum atomic E-state index is -0.621. The fourth-order valence-corrected chi connectivity index (χ4v) is 2.33. The van der Waals surface area contributed by atoms with Crippen molar-refractivity contribution in [1.82, 2.24) is 0 Å². The van der Waals surface area contributed by atoms with E-state index >= 15 is 0 Å². The summed E-state index contributed by atoms with van der Waals surface area (Å²) < 4.78 is 13.7. The molecule has 110 valence electrons. The van der Waals surface area contributed by atoms with Crippen LogP contribution in [0.4, 0.5) is 10.1 Å². The number of carbonyl (C=O) groups excluding carboxylic acids is 1. The Kier molecular flexibility index (Phi) is 4.93. The van der Waals surface area contributed by atoms with Gasteiger partial charge >= 0.3 is 0 Å². The summed E-state index contributed by atoms with van der Waals surface area (Å²) in [6.45, 7) is 0.116. The lowest BCUT2D eigenvalue weighted by Gasteiger charge is -2.11. The zero-order valence-electron chi connectivity index (χ0n) is 10.6. The molecule has 0 saturated heterocycles. The lowest BCUT2D eigenvalue weighted by molar-refractivity contribution is 0.1000. The van der Waals surface area contributed by atoms with E-state index in [9.17, 15) is 9.18 Å². The predicted molar refractivity (Wildman–Crippen MR) is 83.7 cm³/mol. The highest BCUT2D eigenvalue weighted by Crippen LogP contribution is 2.32. The third-order valence-corrected chi connectivity index (χ3v) is 3.84. The molecular formula is C14H10Cl3FN2O. The van der Waals surface area contributed by atoms with Gasteiger partial charge in [0.1, 0.15) is 5.82 Å². The SMILES string of the molecule is NC(=O)c1ccc(F)c(CNc2cc(Cl)c(Cl)cc2Cl)c1. The first-order valence-corrected chi connectivity index (χ1v) is 6.98. The van der Waals surface area contributed by atoms with E-state index in [0.717, 1.165) is 0 Å². The maximum absolute atomic E-state index is 13.7. The van der Waals surface area contributed by atoms with E-state index < -0.39 is 11.7 Å². The van der Waals surface area contributed by atoms with Gasteiger partial charge in [-0.3, -0.25) is 4.79 Å². The number of hydrogen-bond acceptors (Lipinski definition) is 2. The third kappa shape index (κ3) is 3.79. The Morgan fingerprint density at radius 2 is 1.76 bits per heavy atom. The Balaban J connectivity index is 2.22. The number of carbonyl (C=O) groups is 1. The van der Waals surface area contributed by atoms with Gasteiger partial charge in [0, 0.05) is 17.7 Å². The second-order valence-corrected chi connectivity index (χ2v) is 5.49. The van der Waals surface area contributed by atoms with Gasteiger partial charge in [0.15, 0.2) is 0 Å². The molecule has 0 aliphatic carbocycles. The van der Waals surface area contributed by atoms with Gasteiger partial charge < -0.3 is 11.1 Å². The lowest BCUT2D eigenvalue weighted by Crippen LogP contribution is -2.12. The van der Waals surface area contributed by atoms with Crippen LogP contribution < -0.4 is 11.1 Å². The Morgan fingerprint density at radius 1 is 1.10 bits per heavy atom. The highest BCUT2D eigenvalue weighted by Gasteiger charge is 2.09. The summed E-state index contributed by atoms with van der Waals surface area (Å²) in [5.74, 6) is -1.08. The summed E-state index contributed by atoms with van der Waals surface area (Å²) in [6.07, 6.45) is 0. The van der Waals surface area contributed by atoms with E-state index in [1.165, 1.54) is 24.3 Å². The van der Waals surface area contributed by atoms with Crippen molar-refractivity contribution < 1.29 is 9.18 Å². The number of anilines is 1. The second kappa shape index (κ2) is 6.52. The van der Waals surface area contributed by atoms with Gasteiger partial charge in [-0.2, -0.15) is 0 Å². The summed E-state index contributed by atoms with van der Waals surface area (Å²) in [5, 5.41) is 3.95. The maximum Gasteiger partial charge on any atom is 0.248 e. The van der Waals surface area contributed by atoms with Crippen molar-refractivity contribution in [2.45, 2.75) is 6.54 Å². The van der Waals surface area contributed by atoms with Gasteiger partial charge in [0.2, 0.25) is 5.91 Å². The molecule has 7 heteroatoms. The Hall–Kier alpha value is -1.49. The molecule has 2 rings (SSSR count). The summed E-state index contributed by atoms with van der Waals surface area (Å²) >= 11 is 17.7. The minimum absolute atomic E-state index is 0.116. The molecular weight excluding hydrogens is 338 g/mol. The molecule has 21 heavy (non-hydrogen) atoms. The fourth-order valence-electron chi connectivity index (χ4n) is 1.71. The van der Waals surface area contributed by atoms with Crippen LogP contribution in [0.3, 0.4) is 0 Å². The fraction of sp³-hybridized carbons (Fsp3) is 0.0714. The number of hydrogen-bond donors (Lipinski definition) is 2. The number of nitrogens with two attached hydrogens (primary N) is 1. The smallest absolute Gasteiger partial charge is 0.248 e. The van der Waals surface area contributed by atoms with E-state index in [2.05, 4.69) is 5.32 Å². The van der Waals surface area contributed by atoms with Crippen LogP contribution in [0.1, 0.15) is 15.9 Å². The molecule has 0 aliphatic heterocycles. The lowest BCUT2D eigenvalue weighted by atomic mass is 10.1. The molecule has 0 unspecified atom stereocenters. The molecule has 0 saturated carbocycles. The van der Waals surface area contributed by atoms with Crippen molar-refractivity contribution >= 4 is 46.4 Å². The monoisotopic (exact) mass is 346 g/mol. The first-order valence-electron chi connectivity index (χ1n) is 5.85. The molecule has 0 fully saturated rings. The van der Waals surface area contributed by atoms with Gasteiger partial charge in [-0.15, -0.1) is 0 Å². The van der Waals surface area contributed by atoms with Gasteiger partial charge in [0.25, 0.3) is 0 Å². The normalized spacial score (nSPS) is 10.5. The van der Waals surface area contributed by atoms with Crippen LogP contribution in [0.2, 0.25) is 15.1 Å². The summed E-state index contributed by atoms with van der Waals surface area (Å²) in [4.78, 5) is 11.1. The van der Waals surface area contributed by atoms with Crippen molar-refractivity contribution in [3.8, 4) is 0 Å². The standard InChI is InChI=1S/C14H10Cl3FN2O/c15-9-4-11(17)13(5-10(9)16)20-6-8-3-7(14(19)21)1-2-12(8)18/h1-5,20H,6H2,(H2,19,21). The topological polar surface area (TPSA) is 55.1 Å². The first-order chi connectivity index (χ1) is 9.88. The van der Waals surface area contributed by atoms with Crippen molar-refractivity contribution in [1.29, 1.82) is 0 Å². The van der Waals surface area contributed by atoms with Crippen molar-refractivity contribution in [2.24, 2.45) is 5.73 Å². The molecule has 3 N–H and O–H groups in total. The summed E-state index contributed by atoms with van der Waals surface area (Å²) in [7, 11) is 0. The van der Waals surface area contributed by atoms with Gasteiger partial charge in [-0.25, -0.2) is 4.39 Å². The Morgan fingerprint density at radius 3 is 2.43 bits per heavy atom. The number of nitrogens with one attached hydrogen (secondary N) is 1. The number of amides is 1. The average molecular weight is 348 g/mol. The molecule has 0 heterocycles. The molecule has 0 atom stereocenters. The zero-order valence-corrected chi connectivity index (χ0v) is 12.9. The van der Waals surface area contributed by atoms with Crippen molar-refractivity contribution in [3.63, 3.8) is 0 Å². The van der Waals surface area contributed by atoms with Crippen LogP contribution in [-0.2, 0) is 6.54 Å². The van der Waals surface area contributed by atoms with E-state index in [4.69, 9.17) is 40.5 Å². The highest BCUT2D eigenvalue weighted by atomic mass is 35.5. The van der Waals surface area contributed by atoms with E-state index in [1.54, 1.807) is 6.07 Å². The quantitative estimate of drug-likeness (QED) is 0.800. The number of rotatable bonds is 4. The largest absolute Gasteiger partial charge is 0.380 e. The van der Waals surface area contributed by atoms with Crippen molar-refractivity contribution in [3.05, 3.63) is 62.3 Å². The van der Waals surface area contributed by atoms with Crippen LogP contribution in [0.25, 0.3) is 0 Å². The number of halogens is 4. The number of primary amides is 1. The Labute approximate surface area is 135 Å². The molecule has 0 bridgehead atoms. The van der Waals surface area contributed by atoms with Crippen LogP contribution in [0, 0.1) is 5.82 Å². The average Bonchev–Trinajstić information content (AvgIpc) is 2.42. The van der Waals surface area contributed by atoms with Crippen LogP contribution in [0.5, 0.6) is 0 Å². The first kappa shape index (κ1) is 15.9. The molecule has 0 aromatic heterocycles. The summed E-state index contributed by atoms with van der Waals surface area (Å²) in [5.41, 5.74) is 6.19. The van der Waals surface area contributed by atoms with Crippen LogP contribution in [-0.4, -0.2) is 5.91 Å². The van der Waals surface area contributed by atoms with Gasteiger partial charge in [-0.05, 0) is 30.3 Å². The molecule has 2 aromatic rings. The Bertz CT molecular complexity index is 707. The summed E-state index contributed by atoms with van der Waals surface area (Å²) in [6, 6.07) is 6.93. The second-order valence-electron chi connectivity index (χ2n) is 4.27. The van der Waals surface area contributed by atoms with E-state index in [1.807, 2.05) is 0 Å². The van der Waals surface area contributed by atoms with E-state index in [-0.39, 0.29) is 17.7 Å². The number of benzene rings is 2.